The van der Waals surface area contributed by atoms with E-state index in [0.29, 0.717) is 5.71 Å². The van der Waals surface area contributed by atoms with Crippen LogP contribution < -0.4 is 0 Å². The van der Waals surface area contributed by atoms with Gasteiger partial charge in [-0.15, -0.1) is 0 Å². The van der Waals surface area contributed by atoms with Crippen LogP contribution in [0.25, 0.3) is 0 Å². The summed E-state index contributed by atoms with van der Waals surface area (Å²) < 4.78 is 9.62. The van der Waals surface area contributed by atoms with Crippen LogP contribution in [0.15, 0.2) is 29.3 Å². The Morgan fingerprint density at radius 2 is 1.93 bits per heavy atom. The quantitative estimate of drug-likeness (QED) is 0.640. The van der Waals surface area contributed by atoms with E-state index in [1.54, 1.807) is 19.3 Å². The molecule has 14 heavy (non-hydrogen) atoms. The van der Waals surface area contributed by atoms with Gasteiger partial charge in [0.2, 0.25) is 0 Å². The molecule has 0 heterocycles. The standard InChI is InChI=1S/C10H13NO3/c1-10(14-3)6-4-8(5-7-10)11-9(12)13-2/h4-7H,1-3H3. The highest BCUT2D eigenvalue weighted by atomic mass is 16.5. The molecule has 0 aromatic carbocycles. The summed E-state index contributed by atoms with van der Waals surface area (Å²) in [6.45, 7) is 1.91. The lowest BCUT2D eigenvalue weighted by Gasteiger charge is -2.22. The third kappa shape index (κ3) is 2.53. The molecule has 1 amide bonds. The van der Waals surface area contributed by atoms with Gasteiger partial charge in [-0.1, -0.05) is 0 Å². The molecule has 0 atom stereocenters. The van der Waals surface area contributed by atoms with E-state index in [9.17, 15) is 4.79 Å². The van der Waals surface area contributed by atoms with Gasteiger partial charge in [0.1, 0.15) is 5.60 Å². The second-order valence-electron chi connectivity index (χ2n) is 3.06. The lowest BCUT2D eigenvalue weighted by atomic mass is 9.99. The van der Waals surface area contributed by atoms with E-state index in [0.717, 1.165) is 0 Å². The predicted octanol–water partition coefficient (Wildman–Crippen LogP) is 1.72. The zero-order chi connectivity index (χ0) is 10.6. The highest BCUT2D eigenvalue weighted by Crippen LogP contribution is 2.17. The number of hydrogen-bond acceptors (Lipinski definition) is 3. The number of rotatable bonds is 1. The topological polar surface area (TPSA) is 47.9 Å². The van der Waals surface area contributed by atoms with Crippen molar-refractivity contribution in [3.63, 3.8) is 0 Å². The fraction of sp³-hybridized carbons (Fsp3) is 0.400. The molecule has 4 heteroatoms. The first kappa shape index (κ1) is 10.7. The Kier molecular flexibility index (Phi) is 3.19. The molecule has 4 nitrogen and oxygen atoms in total. The highest BCUT2D eigenvalue weighted by Gasteiger charge is 2.18. The van der Waals surface area contributed by atoms with Crippen molar-refractivity contribution in [2.24, 2.45) is 4.99 Å². The summed E-state index contributed by atoms with van der Waals surface area (Å²) in [5, 5.41) is 0. The maximum atomic E-state index is 10.8. The van der Waals surface area contributed by atoms with E-state index < -0.39 is 11.7 Å². The first-order valence-corrected chi connectivity index (χ1v) is 4.20. The molecule has 76 valence electrons. The molecule has 1 rings (SSSR count). The first-order chi connectivity index (χ1) is 6.59. The third-order valence-corrected chi connectivity index (χ3v) is 2.00. The number of carbonyl (C=O) groups is 1. The molecule has 1 aliphatic rings. The van der Waals surface area contributed by atoms with Crippen molar-refractivity contribution < 1.29 is 14.3 Å². The Balaban J connectivity index is 2.75. The van der Waals surface area contributed by atoms with Gasteiger partial charge in [0, 0.05) is 7.11 Å². The van der Waals surface area contributed by atoms with Crippen LogP contribution >= 0.6 is 0 Å². The molecule has 0 aromatic rings. The lowest BCUT2D eigenvalue weighted by molar-refractivity contribution is 0.0904. The smallest absolute Gasteiger partial charge is 0.433 e. The van der Waals surface area contributed by atoms with E-state index in [2.05, 4.69) is 9.73 Å². The SMILES string of the molecule is COC(=O)N=C1C=CC(C)(OC)C=C1. The normalized spacial score (nSPS) is 24.9. The molecule has 0 aromatic heterocycles. The molecule has 0 unspecified atom stereocenters. The van der Waals surface area contributed by atoms with Crippen LogP contribution in [0.5, 0.6) is 0 Å². The zero-order valence-electron chi connectivity index (χ0n) is 8.48. The van der Waals surface area contributed by atoms with Gasteiger partial charge >= 0.3 is 6.09 Å². The average molecular weight is 195 g/mol. The molecule has 0 N–H and O–H groups in total. The Hall–Kier alpha value is -1.42. The summed E-state index contributed by atoms with van der Waals surface area (Å²) >= 11 is 0. The van der Waals surface area contributed by atoms with Gasteiger partial charge in [0.25, 0.3) is 0 Å². The Labute approximate surface area is 82.9 Å². The Morgan fingerprint density at radius 3 is 2.36 bits per heavy atom. The minimum absolute atomic E-state index is 0.408. The van der Waals surface area contributed by atoms with Crippen LogP contribution in [0, 0.1) is 0 Å². The number of hydrogen-bond donors (Lipinski definition) is 0. The van der Waals surface area contributed by atoms with Gasteiger partial charge in [-0.25, -0.2) is 4.79 Å². The van der Waals surface area contributed by atoms with Crippen molar-refractivity contribution in [2.45, 2.75) is 12.5 Å². The summed E-state index contributed by atoms with van der Waals surface area (Å²) in [6.07, 6.45) is 6.50. The van der Waals surface area contributed by atoms with E-state index in [-0.39, 0.29) is 0 Å². The van der Waals surface area contributed by atoms with Crippen molar-refractivity contribution in [3.05, 3.63) is 24.3 Å². The maximum Gasteiger partial charge on any atom is 0.433 e. The van der Waals surface area contributed by atoms with E-state index in [4.69, 9.17) is 4.74 Å². The number of nitrogens with zero attached hydrogens (tertiary/aromatic N) is 1. The number of carbonyl (C=O) groups excluding carboxylic acids is 1. The summed E-state index contributed by atoms with van der Waals surface area (Å²) in [7, 11) is 2.92. The van der Waals surface area contributed by atoms with Crippen LogP contribution in [0.2, 0.25) is 0 Å². The second kappa shape index (κ2) is 4.19. The monoisotopic (exact) mass is 195 g/mol. The molecule has 0 saturated heterocycles. The molecule has 0 aliphatic heterocycles. The number of allylic oxidation sites excluding steroid dienone is 2. The van der Waals surface area contributed by atoms with Crippen molar-refractivity contribution in [2.75, 3.05) is 14.2 Å². The van der Waals surface area contributed by atoms with Gasteiger partial charge in [-0.2, -0.15) is 4.99 Å². The van der Waals surface area contributed by atoms with Gasteiger partial charge in [-0.3, -0.25) is 0 Å². The molecule has 0 fully saturated rings. The van der Waals surface area contributed by atoms with Gasteiger partial charge in [0.15, 0.2) is 0 Å². The van der Waals surface area contributed by atoms with Gasteiger partial charge < -0.3 is 9.47 Å². The Bertz CT molecular complexity index is 299. The molecule has 1 aliphatic carbocycles. The minimum Gasteiger partial charge on any atom is -0.451 e. The lowest BCUT2D eigenvalue weighted by Crippen LogP contribution is -2.24. The van der Waals surface area contributed by atoms with Crippen LogP contribution in [-0.2, 0) is 9.47 Å². The summed E-state index contributed by atoms with van der Waals surface area (Å²) in [4.78, 5) is 14.5. The molecular weight excluding hydrogens is 182 g/mol. The number of methoxy groups -OCH3 is 2. The Morgan fingerprint density at radius 1 is 1.36 bits per heavy atom. The van der Waals surface area contributed by atoms with Gasteiger partial charge in [0.05, 0.1) is 12.8 Å². The number of aliphatic imine (C=N–C) groups is 1. The van der Waals surface area contributed by atoms with E-state index in [1.807, 2.05) is 19.1 Å². The van der Waals surface area contributed by atoms with Crippen molar-refractivity contribution >= 4 is 11.8 Å². The molecule has 0 bridgehead atoms. The van der Waals surface area contributed by atoms with E-state index in [1.165, 1.54) is 7.11 Å². The fourth-order valence-corrected chi connectivity index (χ4v) is 0.974. The largest absolute Gasteiger partial charge is 0.451 e. The van der Waals surface area contributed by atoms with Crippen LogP contribution in [0.4, 0.5) is 4.79 Å². The van der Waals surface area contributed by atoms with Crippen molar-refractivity contribution in [3.8, 4) is 0 Å². The van der Waals surface area contributed by atoms with Crippen LogP contribution in [0.1, 0.15) is 6.92 Å². The molecular formula is C10H13NO3. The first-order valence-electron chi connectivity index (χ1n) is 4.20. The number of ether oxygens (including phenoxy) is 2. The second-order valence-corrected chi connectivity index (χ2v) is 3.06. The van der Waals surface area contributed by atoms with Crippen LogP contribution in [-0.4, -0.2) is 31.6 Å². The third-order valence-electron chi connectivity index (χ3n) is 2.00. The molecule has 0 saturated carbocycles. The highest BCUT2D eigenvalue weighted by molar-refractivity contribution is 6.09. The minimum atomic E-state index is -0.602. The van der Waals surface area contributed by atoms with Crippen LogP contribution in [0.3, 0.4) is 0 Å². The fourth-order valence-electron chi connectivity index (χ4n) is 0.974. The number of amides is 1. The maximum absolute atomic E-state index is 10.8. The summed E-state index contributed by atoms with van der Waals surface area (Å²) in [5.74, 6) is 0. The van der Waals surface area contributed by atoms with Crippen molar-refractivity contribution in [1.29, 1.82) is 0 Å². The molecule has 0 spiro atoms. The van der Waals surface area contributed by atoms with Crippen molar-refractivity contribution in [1.82, 2.24) is 0 Å². The van der Waals surface area contributed by atoms with E-state index >= 15 is 0 Å². The summed E-state index contributed by atoms with van der Waals surface area (Å²) in [6, 6.07) is 0. The van der Waals surface area contributed by atoms with Gasteiger partial charge in [-0.05, 0) is 31.2 Å². The predicted molar refractivity (Wildman–Crippen MR) is 53.5 cm³/mol. The average Bonchev–Trinajstić information content (AvgIpc) is 2.21. The summed E-state index contributed by atoms with van der Waals surface area (Å²) in [5.41, 5.74) is 0.154. The zero-order valence-corrected chi connectivity index (χ0v) is 8.48. The molecule has 0 radical (unpaired) electrons.